The number of carbonyl (C=O) groups excluding carboxylic acids is 1. The zero-order chi connectivity index (χ0) is 14.6. The quantitative estimate of drug-likeness (QED) is 0.524. The summed E-state index contributed by atoms with van der Waals surface area (Å²) in [5, 5.41) is 32.2. The van der Waals surface area contributed by atoms with Crippen LogP contribution in [0.3, 0.4) is 0 Å². The van der Waals surface area contributed by atoms with Crippen LogP contribution in [0.15, 0.2) is 12.4 Å². The molecule has 1 aromatic rings. The van der Waals surface area contributed by atoms with Crippen LogP contribution in [0.2, 0.25) is 5.02 Å². The van der Waals surface area contributed by atoms with Gasteiger partial charge in [-0.05, 0) is 0 Å². The first-order chi connectivity index (χ1) is 8.84. The van der Waals surface area contributed by atoms with Gasteiger partial charge >= 0.3 is 5.69 Å². The van der Waals surface area contributed by atoms with Gasteiger partial charge in [-0.25, -0.2) is 0 Å². The van der Waals surface area contributed by atoms with Crippen LogP contribution in [0.4, 0.5) is 5.69 Å². The van der Waals surface area contributed by atoms with Crippen LogP contribution in [0.5, 0.6) is 0 Å². The fourth-order valence-corrected chi connectivity index (χ4v) is 1.63. The lowest BCUT2D eigenvalue weighted by Crippen LogP contribution is -2.34. The van der Waals surface area contributed by atoms with Gasteiger partial charge in [0.05, 0.1) is 4.92 Å². The van der Waals surface area contributed by atoms with Crippen molar-refractivity contribution in [2.45, 2.75) is 19.1 Å². The van der Waals surface area contributed by atoms with Crippen LogP contribution in [0.1, 0.15) is 18.6 Å². The molecular weight excluding hydrogens is 278 g/mol. The Morgan fingerprint density at radius 3 is 2.74 bits per heavy atom. The van der Waals surface area contributed by atoms with E-state index < -0.39 is 22.8 Å². The minimum absolute atomic E-state index is 0.0753. The van der Waals surface area contributed by atoms with E-state index in [9.17, 15) is 25.1 Å². The third kappa shape index (κ3) is 3.85. The lowest BCUT2D eigenvalue weighted by Gasteiger charge is -2.18. The Balaban J connectivity index is 2.93. The Morgan fingerprint density at radius 2 is 2.21 bits per heavy atom. The van der Waals surface area contributed by atoms with Gasteiger partial charge < -0.3 is 15.5 Å². The molecule has 0 aliphatic heterocycles. The molecule has 0 aliphatic rings. The van der Waals surface area contributed by atoms with Gasteiger partial charge in [0.15, 0.2) is 0 Å². The number of hydrogen-bond acceptors (Lipinski definition) is 6. The monoisotopic (exact) mass is 289 g/mol. The molecule has 0 saturated heterocycles. The lowest BCUT2D eigenvalue weighted by atomic mass is 10.1. The average Bonchev–Trinajstić information content (AvgIpc) is 2.34. The fraction of sp³-hybridized carbons (Fsp3) is 0.400. The summed E-state index contributed by atoms with van der Waals surface area (Å²) >= 11 is 5.77. The minimum atomic E-state index is -1.49. The number of nitro groups is 1. The largest absolute Gasteiger partial charge is 0.388 e. The van der Waals surface area contributed by atoms with Crippen LogP contribution < -0.4 is 5.32 Å². The molecule has 0 aromatic carbocycles. The minimum Gasteiger partial charge on any atom is -0.388 e. The van der Waals surface area contributed by atoms with Crippen molar-refractivity contribution in [3.8, 4) is 0 Å². The van der Waals surface area contributed by atoms with Crippen molar-refractivity contribution >= 4 is 23.2 Å². The summed E-state index contributed by atoms with van der Waals surface area (Å²) in [5.41, 5.74) is -0.543. The van der Waals surface area contributed by atoms with Gasteiger partial charge in [0.2, 0.25) is 5.91 Å². The number of rotatable bonds is 5. The van der Waals surface area contributed by atoms with Crippen LogP contribution in [0, 0.1) is 10.1 Å². The summed E-state index contributed by atoms with van der Waals surface area (Å²) in [5.74, 6) is -0.380. The molecule has 2 atom stereocenters. The van der Waals surface area contributed by atoms with Crippen molar-refractivity contribution in [3.63, 3.8) is 0 Å². The summed E-state index contributed by atoms with van der Waals surface area (Å²) in [4.78, 5) is 24.2. The van der Waals surface area contributed by atoms with Crippen molar-refractivity contribution in [2.24, 2.45) is 0 Å². The summed E-state index contributed by atoms with van der Waals surface area (Å²) < 4.78 is 0. The highest BCUT2D eigenvalue weighted by molar-refractivity contribution is 6.33. The third-order valence-corrected chi connectivity index (χ3v) is 2.74. The van der Waals surface area contributed by atoms with Crippen LogP contribution >= 0.6 is 11.6 Å². The molecule has 0 bridgehead atoms. The molecule has 0 fully saturated rings. The van der Waals surface area contributed by atoms with Gasteiger partial charge in [-0.1, -0.05) is 11.6 Å². The number of aliphatic hydroxyl groups excluding tert-OH is 2. The van der Waals surface area contributed by atoms with E-state index in [2.05, 4.69) is 10.3 Å². The molecule has 0 spiro atoms. The van der Waals surface area contributed by atoms with E-state index in [1.165, 1.54) is 6.92 Å². The second kappa shape index (κ2) is 6.41. The highest BCUT2D eigenvalue weighted by Gasteiger charge is 2.26. The van der Waals surface area contributed by atoms with Crippen LogP contribution in [-0.2, 0) is 4.79 Å². The average molecular weight is 290 g/mol. The molecule has 1 heterocycles. The van der Waals surface area contributed by atoms with Crippen molar-refractivity contribution in [2.75, 3.05) is 6.54 Å². The van der Waals surface area contributed by atoms with E-state index in [1.54, 1.807) is 0 Å². The topological polar surface area (TPSA) is 126 Å². The number of aromatic nitrogens is 1. The van der Waals surface area contributed by atoms with Crippen molar-refractivity contribution in [1.29, 1.82) is 0 Å². The molecule has 1 rings (SSSR count). The predicted molar refractivity (Wildman–Crippen MR) is 65.6 cm³/mol. The number of amides is 1. The molecular formula is C10H12ClN3O5. The maximum absolute atomic E-state index is 10.7. The second-order valence-electron chi connectivity index (χ2n) is 3.77. The number of pyridine rings is 1. The van der Waals surface area contributed by atoms with E-state index in [1.807, 2.05) is 0 Å². The van der Waals surface area contributed by atoms with E-state index in [4.69, 9.17) is 11.6 Å². The molecule has 1 aromatic heterocycles. The number of hydrogen-bond donors (Lipinski definition) is 3. The Hall–Kier alpha value is -1.77. The van der Waals surface area contributed by atoms with Crippen molar-refractivity contribution in [1.82, 2.24) is 10.3 Å². The zero-order valence-corrected chi connectivity index (χ0v) is 10.7. The van der Waals surface area contributed by atoms with E-state index in [-0.39, 0.29) is 23.0 Å². The third-order valence-electron chi connectivity index (χ3n) is 2.33. The predicted octanol–water partition coefficient (Wildman–Crippen LogP) is 0.174. The lowest BCUT2D eigenvalue weighted by molar-refractivity contribution is -0.385. The first-order valence-electron chi connectivity index (χ1n) is 5.23. The van der Waals surface area contributed by atoms with Crippen LogP contribution in [0.25, 0.3) is 0 Å². The highest BCUT2D eigenvalue weighted by Crippen LogP contribution is 2.31. The van der Waals surface area contributed by atoms with Gasteiger partial charge in [-0.3, -0.25) is 19.9 Å². The van der Waals surface area contributed by atoms with E-state index in [0.717, 1.165) is 12.4 Å². The molecule has 0 aliphatic carbocycles. The van der Waals surface area contributed by atoms with Crippen LogP contribution in [-0.4, -0.2) is 38.7 Å². The normalized spacial score (nSPS) is 13.7. The Labute approximate surface area is 113 Å². The van der Waals surface area contributed by atoms with Crippen molar-refractivity contribution < 1.29 is 19.9 Å². The first kappa shape index (κ1) is 15.3. The molecule has 8 nitrogen and oxygen atoms in total. The maximum atomic E-state index is 10.7. The molecule has 0 saturated carbocycles. The first-order valence-corrected chi connectivity index (χ1v) is 5.60. The van der Waals surface area contributed by atoms with Gasteiger partial charge in [0.25, 0.3) is 0 Å². The molecule has 104 valence electrons. The Kier molecular flexibility index (Phi) is 5.16. The van der Waals surface area contributed by atoms with E-state index in [0.29, 0.717) is 0 Å². The summed E-state index contributed by atoms with van der Waals surface area (Å²) in [6.07, 6.45) is -0.785. The summed E-state index contributed by atoms with van der Waals surface area (Å²) in [6, 6.07) is 0. The number of aliphatic hydroxyl groups is 2. The fourth-order valence-electron chi connectivity index (χ4n) is 1.35. The smallest absolute Gasteiger partial charge is 0.306 e. The zero-order valence-electron chi connectivity index (χ0n) is 9.91. The molecule has 0 radical (unpaired) electrons. The van der Waals surface area contributed by atoms with Gasteiger partial charge in [-0.15, -0.1) is 0 Å². The number of nitrogens with one attached hydrogen (secondary N) is 1. The standard InChI is InChI=1S/C10H12ClN3O5/c1-5(15)13-4-8(16)10(17)6-2-12-3-7(9(6)11)14(18)19/h2-3,8,10,16-17H,4H2,1H3,(H,13,15). The molecule has 2 unspecified atom stereocenters. The van der Waals surface area contributed by atoms with Crippen molar-refractivity contribution in [3.05, 3.63) is 33.1 Å². The molecule has 1 amide bonds. The number of halogens is 1. The molecule has 19 heavy (non-hydrogen) atoms. The maximum Gasteiger partial charge on any atom is 0.306 e. The SMILES string of the molecule is CC(=O)NCC(O)C(O)c1cncc([N+](=O)[O-])c1Cl. The number of carbonyl (C=O) groups is 1. The van der Waals surface area contributed by atoms with Gasteiger partial charge in [-0.2, -0.15) is 0 Å². The Morgan fingerprint density at radius 1 is 1.58 bits per heavy atom. The second-order valence-corrected chi connectivity index (χ2v) is 4.15. The Bertz CT molecular complexity index is 496. The highest BCUT2D eigenvalue weighted by atomic mass is 35.5. The van der Waals surface area contributed by atoms with Gasteiger partial charge in [0, 0.05) is 25.2 Å². The molecule has 9 heteroatoms. The number of nitrogens with zero attached hydrogens (tertiary/aromatic N) is 2. The summed E-state index contributed by atoms with van der Waals surface area (Å²) in [7, 11) is 0. The van der Waals surface area contributed by atoms with E-state index >= 15 is 0 Å². The van der Waals surface area contributed by atoms with Gasteiger partial charge in [0.1, 0.15) is 23.4 Å². The summed E-state index contributed by atoms with van der Waals surface area (Å²) in [6.45, 7) is 1.04. The molecule has 3 N–H and O–H groups in total.